The van der Waals surface area contributed by atoms with E-state index in [4.69, 9.17) is 19.2 Å². The van der Waals surface area contributed by atoms with E-state index in [9.17, 15) is 0 Å². The first-order valence-electron chi connectivity index (χ1n) is 10.5. The highest BCUT2D eigenvalue weighted by Gasteiger charge is 2.17. The first kappa shape index (κ1) is 26.0. The summed E-state index contributed by atoms with van der Waals surface area (Å²) >= 11 is 0. The lowest BCUT2D eigenvalue weighted by Crippen LogP contribution is -2.37. The molecule has 1 aromatic carbocycles. The van der Waals surface area contributed by atoms with Crippen molar-refractivity contribution in [3.8, 4) is 5.75 Å². The number of guanidine groups is 1. The third kappa shape index (κ3) is 10.5. The fourth-order valence-corrected chi connectivity index (χ4v) is 3.11. The third-order valence-corrected chi connectivity index (χ3v) is 4.79. The minimum atomic E-state index is 0. The SMILES string of the molecule is CCNC(=NCc1ccc(C)cc1OCC1CCOC1)NCCCCCOC.I. The van der Waals surface area contributed by atoms with Crippen LogP contribution in [0.15, 0.2) is 23.2 Å². The van der Waals surface area contributed by atoms with Crippen molar-refractivity contribution in [1.82, 2.24) is 10.6 Å². The fourth-order valence-electron chi connectivity index (χ4n) is 3.11. The van der Waals surface area contributed by atoms with Crippen LogP contribution >= 0.6 is 24.0 Å². The van der Waals surface area contributed by atoms with Gasteiger partial charge in [0.05, 0.1) is 19.8 Å². The Bertz CT molecular complexity index is 593. The van der Waals surface area contributed by atoms with Crippen LogP contribution in [0.3, 0.4) is 0 Å². The Morgan fingerprint density at radius 3 is 2.83 bits per heavy atom. The van der Waals surface area contributed by atoms with Gasteiger partial charge in [0.1, 0.15) is 5.75 Å². The number of ether oxygens (including phenoxy) is 3. The van der Waals surface area contributed by atoms with Crippen molar-refractivity contribution in [2.75, 3.05) is 46.6 Å². The fraction of sp³-hybridized carbons (Fsp3) is 0.682. The molecule has 0 bridgehead atoms. The second kappa shape index (κ2) is 15.7. The average molecular weight is 519 g/mol. The molecule has 1 fully saturated rings. The van der Waals surface area contributed by atoms with Gasteiger partial charge < -0.3 is 24.8 Å². The van der Waals surface area contributed by atoms with Crippen LogP contribution in [-0.2, 0) is 16.0 Å². The molecule has 0 amide bonds. The Labute approximate surface area is 193 Å². The number of aryl methyl sites for hydroxylation is 1. The predicted molar refractivity (Wildman–Crippen MR) is 130 cm³/mol. The van der Waals surface area contributed by atoms with Crippen LogP contribution in [0.5, 0.6) is 5.75 Å². The molecule has 2 N–H and O–H groups in total. The van der Waals surface area contributed by atoms with Crippen LogP contribution in [0, 0.1) is 12.8 Å². The van der Waals surface area contributed by atoms with Crippen molar-refractivity contribution < 1.29 is 14.2 Å². The molecule has 1 atom stereocenters. The number of hydrogen-bond acceptors (Lipinski definition) is 4. The topological polar surface area (TPSA) is 64.1 Å². The van der Waals surface area contributed by atoms with Crippen LogP contribution in [-0.4, -0.2) is 52.6 Å². The van der Waals surface area contributed by atoms with E-state index in [0.29, 0.717) is 19.1 Å². The molecular formula is C22H38IN3O3. The predicted octanol–water partition coefficient (Wildman–Crippen LogP) is 3.90. The maximum absolute atomic E-state index is 6.13. The molecule has 1 aliphatic heterocycles. The number of nitrogens with zero attached hydrogens (tertiary/aromatic N) is 1. The monoisotopic (exact) mass is 519 g/mol. The van der Waals surface area contributed by atoms with Crippen LogP contribution in [0.2, 0.25) is 0 Å². The van der Waals surface area contributed by atoms with E-state index in [0.717, 1.165) is 75.9 Å². The molecule has 0 radical (unpaired) electrons. The molecule has 1 aliphatic rings. The van der Waals surface area contributed by atoms with Gasteiger partial charge in [0.2, 0.25) is 0 Å². The number of methoxy groups -OCH3 is 1. The van der Waals surface area contributed by atoms with Crippen molar-refractivity contribution >= 4 is 29.9 Å². The molecule has 6 nitrogen and oxygen atoms in total. The number of unbranched alkanes of at least 4 members (excludes halogenated alkanes) is 2. The minimum absolute atomic E-state index is 0. The molecule has 1 saturated heterocycles. The Morgan fingerprint density at radius 1 is 1.24 bits per heavy atom. The molecule has 0 aromatic heterocycles. The van der Waals surface area contributed by atoms with Gasteiger partial charge >= 0.3 is 0 Å². The highest BCUT2D eigenvalue weighted by atomic mass is 127. The summed E-state index contributed by atoms with van der Waals surface area (Å²) in [5.74, 6) is 2.28. The van der Waals surface area contributed by atoms with E-state index < -0.39 is 0 Å². The van der Waals surface area contributed by atoms with Gasteiger partial charge in [-0.3, -0.25) is 0 Å². The number of benzene rings is 1. The normalized spacial score (nSPS) is 16.4. The maximum atomic E-state index is 6.13. The lowest BCUT2D eigenvalue weighted by atomic mass is 10.1. The summed E-state index contributed by atoms with van der Waals surface area (Å²) in [6, 6.07) is 6.34. The number of halogens is 1. The van der Waals surface area contributed by atoms with Gasteiger partial charge in [-0.25, -0.2) is 4.99 Å². The molecule has 0 spiro atoms. The van der Waals surface area contributed by atoms with Gasteiger partial charge in [0.15, 0.2) is 5.96 Å². The molecule has 29 heavy (non-hydrogen) atoms. The van der Waals surface area contributed by atoms with Gasteiger partial charge in [0, 0.05) is 44.9 Å². The minimum Gasteiger partial charge on any atom is -0.493 e. The second-order valence-corrected chi connectivity index (χ2v) is 7.33. The summed E-state index contributed by atoms with van der Waals surface area (Å²) in [4.78, 5) is 4.75. The molecule has 166 valence electrons. The lowest BCUT2D eigenvalue weighted by molar-refractivity contribution is 0.166. The number of nitrogens with one attached hydrogen (secondary N) is 2. The molecule has 1 aromatic rings. The Balaban J connectivity index is 0.00000420. The number of hydrogen-bond donors (Lipinski definition) is 2. The van der Waals surface area contributed by atoms with E-state index in [2.05, 4.69) is 42.7 Å². The zero-order valence-corrected chi connectivity index (χ0v) is 20.5. The van der Waals surface area contributed by atoms with Gasteiger partial charge in [0.25, 0.3) is 0 Å². The first-order valence-corrected chi connectivity index (χ1v) is 10.5. The summed E-state index contributed by atoms with van der Waals surface area (Å²) in [5, 5.41) is 6.74. The van der Waals surface area contributed by atoms with Crippen molar-refractivity contribution in [1.29, 1.82) is 0 Å². The van der Waals surface area contributed by atoms with Gasteiger partial charge in [-0.15, -0.1) is 24.0 Å². The molecule has 7 heteroatoms. The second-order valence-electron chi connectivity index (χ2n) is 7.33. The molecule has 1 unspecified atom stereocenters. The summed E-state index contributed by atoms with van der Waals surface area (Å²) < 4.78 is 16.7. The molecule has 2 rings (SSSR count). The first-order chi connectivity index (χ1) is 13.7. The van der Waals surface area contributed by atoms with E-state index in [-0.39, 0.29) is 24.0 Å². The number of rotatable bonds is 12. The van der Waals surface area contributed by atoms with Gasteiger partial charge in [-0.2, -0.15) is 0 Å². The lowest BCUT2D eigenvalue weighted by Gasteiger charge is -2.15. The van der Waals surface area contributed by atoms with Crippen molar-refractivity contribution in [2.24, 2.45) is 10.9 Å². The maximum Gasteiger partial charge on any atom is 0.191 e. The summed E-state index contributed by atoms with van der Waals surface area (Å²) in [7, 11) is 1.75. The van der Waals surface area contributed by atoms with Crippen molar-refractivity contribution in [3.05, 3.63) is 29.3 Å². The molecule has 0 aliphatic carbocycles. The highest BCUT2D eigenvalue weighted by Crippen LogP contribution is 2.23. The van der Waals surface area contributed by atoms with Crippen molar-refractivity contribution in [2.45, 2.75) is 46.1 Å². The van der Waals surface area contributed by atoms with E-state index in [1.165, 1.54) is 5.56 Å². The van der Waals surface area contributed by atoms with Crippen LogP contribution in [0.25, 0.3) is 0 Å². The van der Waals surface area contributed by atoms with E-state index >= 15 is 0 Å². The molecule has 0 saturated carbocycles. The Hall–Kier alpha value is -1.06. The third-order valence-electron chi connectivity index (χ3n) is 4.79. The van der Waals surface area contributed by atoms with Crippen LogP contribution in [0.1, 0.15) is 43.7 Å². The molecule has 1 heterocycles. The standard InChI is InChI=1S/C22H37N3O3.HI/c1-4-23-22(24-11-6-5-7-12-26-3)25-15-20-9-8-18(2)14-21(20)28-17-19-10-13-27-16-19;/h8-9,14,19H,4-7,10-13,15-17H2,1-3H3,(H2,23,24,25);1H. The largest absolute Gasteiger partial charge is 0.493 e. The van der Waals surface area contributed by atoms with Gasteiger partial charge in [-0.05, 0) is 51.2 Å². The quantitative estimate of drug-likeness (QED) is 0.190. The van der Waals surface area contributed by atoms with Crippen LogP contribution in [0.4, 0.5) is 0 Å². The van der Waals surface area contributed by atoms with Gasteiger partial charge in [-0.1, -0.05) is 12.1 Å². The average Bonchev–Trinajstić information content (AvgIpc) is 3.21. The molecular weight excluding hydrogens is 481 g/mol. The Morgan fingerprint density at radius 2 is 2.10 bits per heavy atom. The number of aliphatic imine (C=N–C) groups is 1. The zero-order chi connectivity index (χ0) is 20.0. The Kier molecular flexibility index (Phi) is 14.1. The summed E-state index contributed by atoms with van der Waals surface area (Å²) in [6.07, 6.45) is 4.44. The van der Waals surface area contributed by atoms with Crippen molar-refractivity contribution in [3.63, 3.8) is 0 Å². The van der Waals surface area contributed by atoms with E-state index in [1.807, 2.05) is 0 Å². The highest BCUT2D eigenvalue weighted by molar-refractivity contribution is 14.0. The summed E-state index contributed by atoms with van der Waals surface area (Å²) in [6.45, 7) is 9.71. The smallest absolute Gasteiger partial charge is 0.191 e. The zero-order valence-electron chi connectivity index (χ0n) is 18.2. The van der Waals surface area contributed by atoms with E-state index in [1.54, 1.807) is 7.11 Å². The van der Waals surface area contributed by atoms with Crippen LogP contribution < -0.4 is 15.4 Å². The summed E-state index contributed by atoms with van der Waals surface area (Å²) in [5.41, 5.74) is 2.31.